The van der Waals surface area contributed by atoms with E-state index < -0.39 is 5.60 Å². The van der Waals surface area contributed by atoms with Crippen molar-refractivity contribution in [1.82, 2.24) is 0 Å². The van der Waals surface area contributed by atoms with Crippen molar-refractivity contribution >= 4 is 11.4 Å². The Morgan fingerprint density at radius 3 is 2.62 bits per heavy atom. The summed E-state index contributed by atoms with van der Waals surface area (Å²) >= 11 is 0. The molecule has 26 heavy (non-hydrogen) atoms. The molecule has 2 unspecified atom stereocenters. The van der Waals surface area contributed by atoms with Crippen molar-refractivity contribution in [2.45, 2.75) is 84.7 Å². The number of carbonyl (C=O) groups excluding carboxylic acids is 1. The van der Waals surface area contributed by atoms with Crippen molar-refractivity contribution in [2.24, 2.45) is 5.92 Å². The Morgan fingerprint density at radius 1 is 1.19 bits per heavy atom. The minimum absolute atomic E-state index is 0.150. The summed E-state index contributed by atoms with van der Waals surface area (Å²) in [7, 11) is 0. The Balaban J connectivity index is 1.94. The first-order valence-corrected chi connectivity index (χ1v) is 10.1. The van der Waals surface area contributed by atoms with E-state index in [0.717, 1.165) is 28.0 Å². The SMILES string of the molecule is CCCCCC(C)C(C)c1cc(O)c2c(c1)OC(C)(C)C1=C2CCC1=O. The zero-order valence-corrected chi connectivity index (χ0v) is 16.8. The Bertz CT molecular complexity index is 742. The molecule has 1 heterocycles. The number of rotatable bonds is 6. The van der Waals surface area contributed by atoms with Crippen LogP contribution in [0.2, 0.25) is 0 Å². The number of hydrogen-bond donors (Lipinski definition) is 1. The summed E-state index contributed by atoms with van der Waals surface area (Å²) in [5.74, 6) is 2.04. The molecule has 0 radical (unpaired) electrons. The molecule has 1 aromatic rings. The Kier molecular flexibility index (Phi) is 5.18. The maximum Gasteiger partial charge on any atom is 0.163 e. The van der Waals surface area contributed by atoms with Crippen LogP contribution in [-0.4, -0.2) is 16.5 Å². The first-order chi connectivity index (χ1) is 12.3. The molecule has 0 saturated heterocycles. The van der Waals surface area contributed by atoms with Crippen molar-refractivity contribution in [3.8, 4) is 11.5 Å². The third-order valence-corrected chi connectivity index (χ3v) is 6.20. The molecular formula is C23H32O3. The summed E-state index contributed by atoms with van der Waals surface area (Å²) in [4.78, 5) is 12.3. The second-order valence-corrected chi connectivity index (χ2v) is 8.56. The number of fused-ring (bicyclic) bond motifs is 2. The molecule has 3 rings (SSSR count). The normalized spacial score (nSPS) is 20.4. The van der Waals surface area contributed by atoms with E-state index in [-0.39, 0.29) is 11.5 Å². The molecule has 2 aliphatic rings. The van der Waals surface area contributed by atoms with Crippen LogP contribution in [0.4, 0.5) is 0 Å². The molecule has 2 atom stereocenters. The average Bonchev–Trinajstić information content (AvgIpc) is 2.96. The lowest BCUT2D eigenvalue weighted by atomic mass is 9.82. The Morgan fingerprint density at radius 2 is 1.92 bits per heavy atom. The van der Waals surface area contributed by atoms with E-state index in [4.69, 9.17) is 4.74 Å². The first kappa shape index (κ1) is 19.0. The summed E-state index contributed by atoms with van der Waals surface area (Å²) in [5.41, 5.74) is 2.95. The number of allylic oxidation sites excluding steroid dienone is 1. The van der Waals surface area contributed by atoms with Crippen molar-refractivity contribution < 1.29 is 14.6 Å². The lowest BCUT2D eigenvalue weighted by Gasteiger charge is -2.35. The fraction of sp³-hybridized carbons (Fsp3) is 0.609. The Labute approximate surface area is 157 Å². The van der Waals surface area contributed by atoms with Gasteiger partial charge in [0.1, 0.15) is 17.1 Å². The standard InChI is InChI=1S/C23H32O3/c1-6-7-8-9-14(2)15(3)16-12-19(25)21-17-10-11-18(24)22(17)23(4,5)26-20(21)13-16/h12-15,25H,6-11H2,1-5H3. The minimum Gasteiger partial charge on any atom is -0.507 e. The van der Waals surface area contributed by atoms with Gasteiger partial charge in [-0.15, -0.1) is 0 Å². The molecule has 3 heteroatoms. The van der Waals surface area contributed by atoms with Crippen LogP contribution in [0.25, 0.3) is 5.57 Å². The number of ether oxygens (including phenoxy) is 1. The molecule has 3 nitrogen and oxygen atoms in total. The van der Waals surface area contributed by atoms with Crippen LogP contribution in [0.15, 0.2) is 17.7 Å². The predicted molar refractivity (Wildman–Crippen MR) is 106 cm³/mol. The number of phenols is 1. The lowest BCUT2D eigenvalue weighted by Crippen LogP contribution is -2.36. The molecule has 0 spiro atoms. The molecule has 1 aliphatic heterocycles. The fourth-order valence-corrected chi connectivity index (χ4v) is 4.49. The van der Waals surface area contributed by atoms with Crippen LogP contribution in [0.3, 0.4) is 0 Å². The van der Waals surface area contributed by atoms with E-state index in [2.05, 4.69) is 26.8 Å². The van der Waals surface area contributed by atoms with Gasteiger partial charge >= 0.3 is 0 Å². The maximum absolute atomic E-state index is 12.3. The molecule has 0 bridgehead atoms. The third-order valence-electron chi connectivity index (χ3n) is 6.20. The maximum atomic E-state index is 12.3. The van der Waals surface area contributed by atoms with Gasteiger partial charge in [-0.05, 0) is 55.4 Å². The van der Waals surface area contributed by atoms with Crippen molar-refractivity contribution in [2.75, 3.05) is 0 Å². The molecule has 1 aliphatic carbocycles. The van der Waals surface area contributed by atoms with E-state index in [1.807, 2.05) is 19.9 Å². The van der Waals surface area contributed by atoms with Crippen molar-refractivity contribution in [3.63, 3.8) is 0 Å². The molecule has 1 aromatic carbocycles. The number of benzene rings is 1. The van der Waals surface area contributed by atoms with Crippen molar-refractivity contribution in [3.05, 3.63) is 28.8 Å². The summed E-state index contributed by atoms with van der Waals surface area (Å²) in [5, 5.41) is 10.8. The molecule has 142 valence electrons. The van der Waals surface area contributed by atoms with Gasteiger partial charge in [-0.3, -0.25) is 4.79 Å². The van der Waals surface area contributed by atoms with Gasteiger partial charge in [-0.1, -0.05) is 46.5 Å². The van der Waals surface area contributed by atoms with Gasteiger partial charge in [0.2, 0.25) is 0 Å². The number of carbonyl (C=O) groups is 1. The highest BCUT2D eigenvalue weighted by Crippen LogP contribution is 2.51. The number of unbranched alkanes of at least 4 members (excludes halogenated alkanes) is 2. The Hall–Kier alpha value is -1.77. The average molecular weight is 357 g/mol. The monoisotopic (exact) mass is 356 g/mol. The predicted octanol–water partition coefficient (Wildman–Crippen LogP) is 6.00. The van der Waals surface area contributed by atoms with Crippen molar-refractivity contribution in [1.29, 1.82) is 0 Å². The van der Waals surface area contributed by atoms with E-state index in [1.54, 1.807) is 0 Å². The van der Waals surface area contributed by atoms with Crippen LogP contribution in [0.1, 0.15) is 90.2 Å². The molecule has 0 amide bonds. The zero-order chi connectivity index (χ0) is 19.1. The van der Waals surface area contributed by atoms with Gasteiger partial charge in [0.05, 0.1) is 5.56 Å². The second kappa shape index (κ2) is 7.09. The summed E-state index contributed by atoms with van der Waals surface area (Å²) in [6.45, 7) is 10.7. The van der Waals surface area contributed by atoms with E-state index in [0.29, 0.717) is 24.7 Å². The highest BCUT2D eigenvalue weighted by molar-refractivity contribution is 6.10. The molecular weight excluding hydrogens is 324 g/mol. The quantitative estimate of drug-likeness (QED) is 0.636. The number of ketones is 1. The number of Topliss-reactive ketones (excluding diaryl/α,β-unsaturated/α-hetero) is 1. The number of aromatic hydroxyl groups is 1. The summed E-state index contributed by atoms with van der Waals surface area (Å²) < 4.78 is 6.21. The van der Waals surface area contributed by atoms with E-state index >= 15 is 0 Å². The van der Waals surface area contributed by atoms with Gasteiger partial charge < -0.3 is 9.84 Å². The highest BCUT2D eigenvalue weighted by Gasteiger charge is 2.43. The van der Waals surface area contributed by atoms with E-state index in [1.165, 1.54) is 25.7 Å². The third kappa shape index (κ3) is 3.28. The lowest BCUT2D eigenvalue weighted by molar-refractivity contribution is -0.116. The first-order valence-electron chi connectivity index (χ1n) is 10.1. The van der Waals surface area contributed by atoms with Crippen LogP contribution in [0.5, 0.6) is 11.5 Å². The fourth-order valence-electron chi connectivity index (χ4n) is 4.49. The van der Waals surface area contributed by atoms with Crippen LogP contribution >= 0.6 is 0 Å². The largest absolute Gasteiger partial charge is 0.507 e. The van der Waals surface area contributed by atoms with Crippen LogP contribution < -0.4 is 4.74 Å². The van der Waals surface area contributed by atoms with Gasteiger partial charge in [-0.2, -0.15) is 0 Å². The number of phenolic OH excluding ortho intramolecular Hbond substituents is 1. The number of hydrogen-bond acceptors (Lipinski definition) is 3. The molecule has 0 fully saturated rings. The minimum atomic E-state index is -0.628. The summed E-state index contributed by atoms with van der Waals surface area (Å²) in [6.07, 6.45) is 6.17. The van der Waals surface area contributed by atoms with E-state index in [9.17, 15) is 9.90 Å². The summed E-state index contributed by atoms with van der Waals surface area (Å²) in [6, 6.07) is 3.97. The molecule has 0 aromatic heterocycles. The van der Waals surface area contributed by atoms with Gasteiger partial charge in [0, 0.05) is 12.0 Å². The van der Waals surface area contributed by atoms with Gasteiger partial charge in [0.25, 0.3) is 0 Å². The van der Waals surface area contributed by atoms with Gasteiger partial charge in [0.15, 0.2) is 5.78 Å². The molecule has 0 saturated carbocycles. The van der Waals surface area contributed by atoms with Crippen LogP contribution in [0, 0.1) is 5.92 Å². The smallest absolute Gasteiger partial charge is 0.163 e. The topological polar surface area (TPSA) is 46.5 Å². The highest BCUT2D eigenvalue weighted by atomic mass is 16.5. The molecule has 1 N–H and O–H groups in total. The zero-order valence-electron chi connectivity index (χ0n) is 16.8. The van der Waals surface area contributed by atoms with Gasteiger partial charge in [-0.25, -0.2) is 0 Å². The second-order valence-electron chi connectivity index (χ2n) is 8.56. The van der Waals surface area contributed by atoms with Crippen LogP contribution in [-0.2, 0) is 4.79 Å².